The number of carbonyl (C=O) groups is 2. The Balaban J connectivity index is 1.74. The molecule has 0 saturated heterocycles. The maximum absolute atomic E-state index is 12.6. The summed E-state index contributed by atoms with van der Waals surface area (Å²) in [6, 6.07) is 7.47. The number of rotatable bonds is 4. The standard InChI is InChI=1S/C24H31N3O2S2/c1-13(2)14-6-8-15(9-7-14)21(29)26-23(30)27-22-19(20(25)28)17-11-10-16(24(3,4)5)12-18(17)31-22/h6-9,13,16H,10-12H2,1-5H3,(H2,25,28)(H2,26,27,29,30)/t16-/m1/s1. The number of anilines is 1. The summed E-state index contributed by atoms with van der Waals surface area (Å²) in [6.45, 7) is 11.0. The second-order valence-corrected chi connectivity index (χ2v) is 11.1. The van der Waals surface area contributed by atoms with Gasteiger partial charge in [0.05, 0.1) is 5.56 Å². The molecule has 1 aliphatic rings. The molecule has 0 aliphatic heterocycles. The lowest BCUT2D eigenvalue weighted by Gasteiger charge is -2.33. The zero-order valence-electron chi connectivity index (χ0n) is 18.8. The van der Waals surface area contributed by atoms with Gasteiger partial charge in [0, 0.05) is 10.4 Å². The summed E-state index contributed by atoms with van der Waals surface area (Å²) in [7, 11) is 0. The molecule has 166 valence electrons. The second kappa shape index (κ2) is 9.09. The van der Waals surface area contributed by atoms with E-state index in [1.165, 1.54) is 21.8 Å². The summed E-state index contributed by atoms with van der Waals surface area (Å²) in [5, 5.41) is 6.54. The number of benzene rings is 1. The predicted molar refractivity (Wildman–Crippen MR) is 132 cm³/mol. The van der Waals surface area contributed by atoms with Gasteiger partial charge in [-0.3, -0.25) is 14.9 Å². The van der Waals surface area contributed by atoms with Gasteiger partial charge >= 0.3 is 0 Å². The normalized spacial score (nSPS) is 16.0. The molecule has 1 aliphatic carbocycles. The van der Waals surface area contributed by atoms with Crippen molar-refractivity contribution in [1.82, 2.24) is 5.32 Å². The van der Waals surface area contributed by atoms with Crippen LogP contribution in [0.15, 0.2) is 24.3 Å². The molecule has 0 radical (unpaired) electrons. The number of hydrogen-bond acceptors (Lipinski definition) is 4. The zero-order chi connectivity index (χ0) is 22.9. The highest BCUT2D eigenvalue weighted by molar-refractivity contribution is 7.80. The molecule has 3 rings (SSSR count). The Hall–Kier alpha value is -2.25. The lowest BCUT2D eigenvalue weighted by atomic mass is 9.72. The van der Waals surface area contributed by atoms with Crippen molar-refractivity contribution in [1.29, 1.82) is 0 Å². The van der Waals surface area contributed by atoms with Gasteiger partial charge in [-0.1, -0.05) is 46.8 Å². The van der Waals surface area contributed by atoms with E-state index in [0.29, 0.717) is 28.0 Å². The minimum absolute atomic E-state index is 0.159. The van der Waals surface area contributed by atoms with E-state index in [-0.39, 0.29) is 16.4 Å². The number of fused-ring (bicyclic) bond motifs is 1. The van der Waals surface area contributed by atoms with Gasteiger partial charge in [-0.15, -0.1) is 11.3 Å². The zero-order valence-corrected chi connectivity index (χ0v) is 20.4. The molecule has 0 spiro atoms. The van der Waals surface area contributed by atoms with Crippen LogP contribution in [-0.4, -0.2) is 16.9 Å². The van der Waals surface area contributed by atoms with E-state index in [1.807, 2.05) is 12.1 Å². The van der Waals surface area contributed by atoms with E-state index < -0.39 is 5.91 Å². The van der Waals surface area contributed by atoms with Crippen LogP contribution in [0.2, 0.25) is 0 Å². The van der Waals surface area contributed by atoms with Crippen molar-refractivity contribution in [3.8, 4) is 0 Å². The number of nitrogens with one attached hydrogen (secondary N) is 2. The fourth-order valence-corrected chi connectivity index (χ4v) is 5.60. The van der Waals surface area contributed by atoms with Crippen molar-refractivity contribution < 1.29 is 9.59 Å². The molecule has 1 heterocycles. The highest BCUT2D eigenvalue weighted by Gasteiger charge is 2.33. The van der Waals surface area contributed by atoms with E-state index in [1.54, 1.807) is 12.1 Å². The maximum Gasteiger partial charge on any atom is 0.257 e. The fraction of sp³-hybridized carbons (Fsp3) is 0.458. The first-order valence-electron chi connectivity index (χ1n) is 10.6. The molecule has 0 fully saturated rings. The third-order valence-electron chi connectivity index (χ3n) is 6.03. The van der Waals surface area contributed by atoms with E-state index in [4.69, 9.17) is 18.0 Å². The first-order chi connectivity index (χ1) is 14.5. The average Bonchev–Trinajstić information content (AvgIpc) is 3.04. The first kappa shape index (κ1) is 23.4. The lowest BCUT2D eigenvalue weighted by molar-refractivity contribution is 0.0975. The van der Waals surface area contributed by atoms with Gasteiger partial charge in [0.2, 0.25) is 0 Å². The van der Waals surface area contributed by atoms with Gasteiger partial charge in [0.1, 0.15) is 5.00 Å². The highest BCUT2D eigenvalue weighted by atomic mass is 32.1. The van der Waals surface area contributed by atoms with Crippen molar-refractivity contribution in [2.45, 2.75) is 59.8 Å². The van der Waals surface area contributed by atoms with Crippen LogP contribution in [0.1, 0.15) is 83.7 Å². The van der Waals surface area contributed by atoms with Crippen LogP contribution in [0.5, 0.6) is 0 Å². The summed E-state index contributed by atoms with van der Waals surface area (Å²) in [5.74, 6) is 0.192. The monoisotopic (exact) mass is 457 g/mol. The molecule has 7 heteroatoms. The number of hydrogen-bond donors (Lipinski definition) is 3. The van der Waals surface area contributed by atoms with E-state index >= 15 is 0 Å². The molecular formula is C24H31N3O2S2. The number of thiophene rings is 1. The number of amides is 2. The molecule has 4 N–H and O–H groups in total. The molecule has 1 aromatic heterocycles. The molecular weight excluding hydrogens is 426 g/mol. The van der Waals surface area contributed by atoms with Gasteiger partial charge in [0.25, 0.3) is 11.8 Å². The molecule has 0 unspecified atom stereocenters. The van der Waals surface area contributed by atoms with Crippen molar-refractivity contribution >= 4 is 45.5 Å². The highest BCUT2D eigenvalue weighted by Crippen LogP contribution is 2.44. The molecule has 1 atom stereocenters. The Morgan fingerprint density at radius 2 is 1.84 bits per heavy atom. The van der Waals surface area contributed by atoms with Gasteiger partial charge in [-0.2, -0.15) is 0 Å². The van der Waals surface area contributed by atoms with E-state index in [0.717, 1.165) is 24.8 Å². The number of carbonyl (C=O) groups excluding carboxylic acids is 2. The van der Waals surface area contributed by atoms with Crippen LogP contribution in [0.25, 0.3) is 0 Å². The third kappa shape index (κ3) is 5.33. The smallest absolute Gasteiger partial charge is 0.257 e. The molecule has 0 saturated carbocycles. The number of thiocarbonyl (C=S) groups is 1. The minimum atomic E-state index is -0.465. The third-order valence-corrected chi connectivity index (χ3v) is 7.40. The lowest BCUT2D eigenvalue weighted by Crippen LogP contribution is -2.34. The van der Waals surface area contributed by atoms with Crippen molar-refractivity contribution in [3.63, 3.8) is 0 Å². The average molecular weight is 458 g/mol. The SMILES string of the molecule is CC(C)c1ccc(C(=O)NC(=S)Nc2sc3c(c2C(N)=O)CC[C@@H](C(C)(C)C)C3)cc1. The molecule has 5 nitrogen and oxygen atoms in total. The van der Waals surface area contributed by atoms with E-state index in [9.17, 15) is 9.59 Å². The van der Waals surface area contributed by atoms with Crippen molar-refractivity contribution in [3.05, 3.63) is 51.4 Å². The number of nitrogens with two attached hydrogens (primary N) is 1. The fourth-order valence-electron chi connectivity index (χ4n) is 4.00. The maximum atomic E-state index is 12.6. The largest absolute Gasteiger partial charge is 0.365 e. The van der Waals surface area contributed by atoms with Crippen LogP contribution in [0.3, 0.4) is 0 Å². The summed E-state index contributed by atoms with van der Waals surface area (Å²) in [5.41, 5.74) is 9.14. The topological polar surface area (TPSA) is 84.2 Å². The molecule has 1 aromatic carbocycles. The van der Waals surface area contributed by atoms with Crippen molar-refractivity contribution in [2.24, 2.45) is 17.1 Å². The minimum Gasteiger partial charge on any atom is -0.365 e. The quantitative estimate of drug-likeness (QED) is 0.548. The Morgan fingerprint density at radius 1 is 1.19 bits per heavy atom. The van der Waals surface area contributed by atoms with Crippen LogP contribution in [-0.2, 0) is 12.8 Å². The summed E-state index contributed by atoms with van der Waals surface area (Å²) in [4.78, 5) is 26.0. The van der Waals surface area contributed by atoms with Gasteiger partial charge in [0.15, 0.2) is 5.11 Å². The van der Waals surface area contributed by atoms with Crippen LogP contribution >= 0.6 is 23.6 Å². The van der Waals surface area contributed by atoms with Gasteiger partial charge in [-0.25, -0.2) is 0 Å². The van der Waals surface area contributed by atoms with Gasteiger partial charge < -0.3 is 11.1 Å². The molecule has 2 amide bonds. The Labute approximate surface area is 193 Å². The van der Waals surface area contributed by atoms with Crippen molar-refractivity contribution in [2.75, 3.05) is 5.32 Å². The van der Waals surface area contributed by atoms with Gasteiger partial charge in [-0.05, 0) is 72.0 Å². The predicted octanol–water partition coefficient (Wildman–Crippen LogP) is 5.25. The number of primary amides is 1. The van der Waals surface area contributed by atoms with Crippen LogP contribution < -0.4 is 16.4 Å². The Kier molecular flexibility index (Phi) is 6.86. The summed E-state index contributed by atoms with van der Waals surface area (Å²) in [6.07, 6.45) is 2.78. The Morgan fingerprint density at radius 3 is 2.39 bits per heavy atom. The molecule has 31 heavy (non-hydrogen) atoms. The molecule has 0 bridgehead atoms. The summed E-state index contributed by atoms with van der Waals surface area (Å²) < 4.78 is 0. The molecule has 2 aromatic rings. The van der Waals surface area contributed by atoms with Crippen LogP contribution in [0, 0.1) is 11.3 Å². The van der Waals surface area contributed by atoms with Crippen LogP contribution in [0.4, 0.5) is 5.00 Å². The summed E-state index contributed by atoms with van der Waals surface area (Å²) >= 11 is 6.88. The first-order valence-corrected chi connectivity index (χ1v) is 11.9. The second-order valence-electron chi connectivity index (χ2n) is 9.56. The van der Waals surface area contributed by atoms with E-state index in [2.05, 4.69) is 45.3 Å². The Bertz CT molecular complexity index is 1000.